The topological polar surface area (TPSA) is 26.0 Å². The van der Waals surface area contributed by atoms with Gasteiger partial charge in [-0.15, -0.1) is 0 Å². The highest BCUT2D eigenvalue weighted by molar-refractivity contribution is 14.1. The summed E-state index contributed by atoms with van der Waals surface area (Å²) in [7, 11) is 0. The molecule has 0 amide bonds. The Morgan fingerprint density at radius 1 is 1.06 bits per heavy atom. The van der Waals surface area contributed by atoms with Gasteiger partial charge in [-0.3, -0.25) is 0 Å². The smallest absolute Gasteiger partial charge is 0.0347 e. The average Bonchev–Trinajstić information content (AvgIpc) is 2.35. The Morgan fingerprint density at radius 3 is 2.39 bits per heavy atom. The molecule has 1 unspecified atom stereocenters. The van der Waals surface area contributed by atoms with E-state index in [0.717, 1.165) is 20.9 Å². The van der Waals surface area contributed by atoms with Crippen molar-refractivity contribution in [2.24, 2.45) is 5.73 Å². The van der Waals surface area contributed by atoms with Crippen LogP contribution in [0, 0.1) is 3.57 Å². The van der Waals surface area contributed by atoms with Crippen LogP contribution in [0.4, 0.5) is 0 Å². The molecule has 2 rings (SSSR count). The lowest BCUT2D eigenvalue weighted by atomic mass is 10.00. The second-order valence-electron chi connectivity index (χ2n) is 4.10. The summed E-state index contributed by atoms with van der Waals surface area (Å²) in [5.74, 6) is 0. The van der Waals surface area contributed by atoms with Gasteiger partial charge in [-0.25, -0.2) is 0 Å². The molecule has 0 aliphatic carbocycles. The molecule has 0 aliphatic rings. The predicted octanol–water partition coefficient (Wildman–Crippen LogP) is 5.06. The SMILES string of the molecule is NC(Cc1ccc(Br)cc1)c1cc(I)ccc1Br. The van der Waals surface area contributed by atoms with Crippen LogP contribution in [0.1, 0.15) is 17.2 Å². The molecule has 0 aromatic heterocycles. The third kappa shape index (κ3) is 3.79. The maximum atomic E-state index is 6.29. The van der Waals surface area contributed by atoms with Gasteiger partial charge in [-0.1, -0.05) is 44.0 Å². The molecule has 1 atom stereocenters. The fourth-order valence-electron chi connectivity index (χ4n) is 1.78. The van der Waals surface area contributed by atoms with E-state index in [1.807, 2.05) is 12.1 Å². The highest BCUT2D eigenvalue weighted by Crippen LogP contribution is 2.26. The van der Waals surface area contributed by atoms with Gasteiger partial charge in [0.05, 0.1) is 0 Å². The standard InChI is InChI=1S/C14H12Br2IN/c15-10-3-1-9(2-4-10)7-14(18)12-8-11(17)5-6-13(12)16/h1-6,8,14H,7,18H2. The number of hydrogen-bond donors (Lipinski definition) is 1. The maximum Gasteiger partial charge on any atom is 0.0347 e. The maximum absolute atomic E-state index is 6.29. The van der Waals surface area contributed by atoms with Gasteiger partial charge in [0, 0.05) is 18.6 Å². The van der Waals surface area contributed by atoms with Crippen LogP contribution in [0.25, 0.3) is 0 Å². The molecule has 0 radical (unpaired) electrons. The minimum Gasteiger partial charge on any atom is -0.324 e. The number of benzene rings is 2. The van der Waals surface area contributed by atoms with E-state index in [0.29, 0.717) is 0 Å². The van der Waals surface area contributed by atoms with E-state index in [4.69, 9.17) is 5.73 Å². The molecule has 0 bridgehead atoms. The molecular weight excluding hydrogens is 469 g/mol. The second-order valence-corrected chi connectivity index (χ2v) is 7.12. The third-order valence-corrected chi connectivity index (χ3v) is 4.65. The first kappa shape index (κ1) is 14.5. The normalized spacial score (nSPS) is 12.4. The van der Waals surface area contributed by atoms with Crippen molar-refractivity contribution in [3.8, 4) is 0 Å². The Bertz CT molecular complexity index is 540. The van der Waals surface area contributed by atoms with Crippen molar-refractivity contribution in [1.82, 2.24) is 0 Å². The lowest BCUT2D eigenvalue weighted by molar-refractivity contribution is 0.718. The highest BCUT2D eigenvalue weighted by atomic mass is 127. The average molecular weight is 481 g/mol. The largest absolute Gasteiger partial charge is 0.324 e. The first-order valence-corrected chi connectivity index (χ1v) is 8.17. The minimum absolute atomic E-state index is 0.00951. The molecule has 0 saturated heterocycles. The molecular formula is C14H12Br2IN. The van der Waals surface area contributed by atoms with Gasteiger partial charge < -0.3 is 5.73 Å². The first-order chi connectivity index (χ1) is 8.56. The molecule has 1 nitrogen and oxygen atoms in total. The van der Waals surface area contributed by atoms with Crippen molar-refractivity contribution in [3.63, 3.8) is 0 Å². The minimum atomic E-state index is 0.00951. The van der Waals surface area contributed by atoms with Crippen molar-refractivity contribution in [1.29, 1.82) is 0 Å². The van der Waals surface area contributed by atoms with E-state index in [1.165, 1.54) is 9.13 Å². The van der Waals surface area contributed by atoms with E-state index in [2.05, 4.69) is 84.8 Å². The van der Waals surface area contributed by atoms with Gasteiger partial charge in [-0.2, -0.15) is 0 Å². The number of rotatable bonds is 3. The van der Waals surface area contributed by atoms with Crippen molar-refractivity contribution >= 4 is 54.5 Å². The Labute approximate surface area is 138 Å². The second kappa shape index (κ2) is 6.50. The number of hydrogen-bond acceptors (Lipinski definition) is 1. The zero-order valence-corrected chi connectivity index (χ0v) is 14.9. The molecule has 2 aromatic carbocycles. The fourth-order valence-corrected chi connectivity index (χ4v) is 3.10. The van der Waals surface area contributed by atoms with E-state index in [1.54, 1.807) is 0 Å². The van der Waals surface area contributed by atoms with Crippen LogP contribution in [0.2, 0.25) is 0 Å². The molecule has 2 aromatic rings. The van der Waals surface area contributed by atoms with Crippen LogP contribution in [0.15, 0.2) is 51.4 Å². The van der Waals surface area contributed by atoms with Gasteiger partial charge in [0.15, 0.2) is 0 Å². The van der Waals surface area contributed by atoms with Crippen molar-refractivity contribution in [2.75, 3.05) is 0 Å². The van der Waals surface area contributed by atoms with Crippen LogP contribution in [-0.4, -0.2) is 0 Å². The first-order valence-electron chi connectivity index (χ1n) is 5.51. The molecule has 0 fully saturated rings. The van der Waals surface area contributed by atoms with Crippen LogP contribution in [0.5, 0.6) is 0 Å². The van der Waals surface area contributed by atoms with Crippen LogP contribution >= 0.6 is 54.5 Å². The third-order valence-electron chi connectivity index (χ3n) is 2.73. The van der Waals surface area contributed by atoms with Gasteiger partial charge in [0.1, 0.15) is 0 Å². The van der Waals surface area contributed by atoms with Crippen LogP contribution < -0.4 is 5.73 Å². The van der Waals surface area contributed by atoms with E-state index in [-0.39, 0.29) is 6.04 Å². The Morgan fingerprint density at radius 2 is 1.72 bits per heavy atom. The monoisotopic (exact) mass is 479 g/mol. The molecule has 0 heterocycles. The Balaban J connectivity index is 2.18. The molecule has 18 heavy (non-hydrogen) atoms. The lowest BCUT2D eigenvalue weighted by Crippen LogP contribution is -2.14. The van der Waals surface area contributed by atoms with E-state index in [9.17, 15) is 0 Å². The summed E-state index contributed by atoms with van der Waals surface area (Å²) in [5.41, 5.74) is 8.69. The molecule has 4 heteroatoms. The Kier molecular flexibility index (Phi) is 5.24. The quantitative estimate of drug-likeness (QED) is 0.611. The fraction of sp³-hybridized carbons (Fsp3) is 0.143. The summed E-state index contributed by atoms with van der Waals surface area (Å²) in [4.78, 5) is 0. The van der Waals surface area contributed by atoms with Gasteiger partial charge >= 0.3 is 0 Å². The number of halogens is 3. The van der Waals surface area contributed by atoms with Crippen molar-refractivity contribution < 1.29 is 0 Å². The van der Waals surface area contributed by atoms with Gasteiger partial charge in [0.2, 0.25) is 0 Å². The van der Waals surface area contributed by atoms with E-state index >= 15 is 0 Å². The zero-order valence-electron chi connectivity index (χ0n) is 9.54. The summed E-state index contributed by atoms with van der Waals surface area (Å²) in [6.45, 7) is 0. The van der Waals surface area contributed by atoms with Gasteiger partial charge in [-0.05, 0) is 70.5 Å². The highest BCUT2D eigenvalue weighted by Gasteiger charge is 2.11. The number of nitrogens with two attached hydrogens (primary N) is 1. The summed E-state index contributed by atoms with van der Waals surface area (Å²) >= 11 is 9.31. The van der Waals surface area contributed by atoms with Crippen molar-refractivity contribution in [2.45, 2.75) is 12.5 Å². The van der Waals surface area contributed by atoms with Crippen molar-refractivity contribution in [3.05, 3.63) is 66.1 Å². The molecule has 94 valence electrons. The molecule has 0 aliphatic heterocycles. The lowest BCUT2D eigenvalue weighted by Gasteiger charge is -2.14. The molecule has 0 spiro atoms. The summed E-state index contributed by atoms with van der Waals surface area (Å²) in [6, 6.07) is 14.6. The van der Waals surface area contributed by atoms with Crippen LogP contribution in [0.3, 0.4) is 0 Å². The van der Waals surface area contributed by atoms with E-state index < -0.39 is 0 Å². The van der Waals surface area contributed by atoms with Crippen LogP contribution in [-0.2, 0) is 6.42 Å². The predicted molar refractivity (Wildman–Crippen MR) is 91.6 cm³/mol. The summed E-state index contributed by atoms with van der Waals surface area (Å²) in [6.07, 6.45) is 0.839. The zero-order chi connectivity index (χ0) is 13.1. The molecule has 0 saturated carbocycles. The molecule has 2 N–H and O–H groups in total. The summed E-state index contributed by atoms with van der Waals surface area (Å²) < 4.78 is 3.37. The summed E-state index contributed by atoms with van der Waals surface area (Å²) in [5, 5.41) is 0. The Hall–Kier alpha value is 0.0900. The van der Waals surface area contributed by atoms with Gasteiger partial charge in [0.25, 0.3) is 0 Å².